The number of hydrazone groups is 1. The Morgan fingerprint density at radius 1 is 1.45 bits per heavy atom. The first kappa shape index (κ1) is 15.8. The lowest BCUT2D eigenvalue weighted by atomic mass is 10.1. The van der Waals surface area contributed by atoms with Crippen LogP contribution in [0.25, 0.3) is 0 Å². The van der Waals surface area contributed by atoms with Crippen LogP contribution in [0.1, 0.15) is 18.9 Å². The fourth-order valence-electron chi connectivity index (χ4n) is 2.03. The highest BCUT2D eigenvalue weighted by Crippen LogP contribution is 2.31. The summed E-state index contributed by atoms with van der Waals surface area (Å²) >= 11 is 0. The number of alkyl halides is 3. The normalized spacial score (nSPS) is 17.9. The fraction of sp³-hybridized carbons (Fsp3) is 0.357. The molecule has 1 aliphatic rings. The van der Waals surface area contributed by atoms with Gasteiger partial charge >= 0.3 is 12.1 Å². The number of anilines is 1. The number of nitrogens with zero attached hydrogens (tertiary/aromatic N) is 3. The van der Waals surface area contributed by atoms with Gasteiger partial charge in [0.05, 0.1) is 23.9 Å². The highest BCUT2D eigenvalue weighted by atomic mass is 19.4. The van der Waals surface area contributed by atoms with Gasteiger partial charge in [0, 0.05) is 6.42 Å². The second-order valence-electron chi connectivity index (χ2n) is 4.52. The van der Waals surface area contributed by atoms with Gasteiger partial charge in [-0.15, -0.1) is 0 Å². The van der Waals surface area contributed by atoms with Crippen molar-refractivity contribution >= 4 is 17.4 Å². The summed E-state index contributed by atoms with van der Waals surface area (Å²) in [5.41, 5.74) is -0.387. The Morgan fingerprint density at radius 3 is 2.59 bits per heavy atom. The predicted octanol–water partition coefficient (Wildman–Crippen LogP) is 2.62. The SMILES string of the molecule is CCOC(=O)C1CC(C(F)(F)F)=NN1c1ccc(C#N)cc1. The summed E-state index contributed by atoms with van der Waals surface area (Å²) in [5, 5.41) is 13.2. The van der Waals surface area contributed by atoms with Crippen LogP contribution >= 0.6 is 0 Å². The van der Waals surface area contributed by atoms with Crippen LogP contribution in [-0.4, -0.2) is 30.5 Å². The van der Waals surface area contributed by atoms with Crippen LogP contribution in [-0.2, 0) is 9.53 Å². The average molecular weight is 311 g/mol. The van der Waals surface area contributed by atoms with E-state index >= 15 is 0 Å². The van der Waals surface area contributed by atoms with Crippen molar-refractivity contribution in [2.75, 3.05) is 11.6 Å². The molecule has 0 radical (unpaired) electrons. The Morgan fingerprint density at radius 2 is 2.09 bits per heavy atom. The van der Waals surface area contributed by atoms with Crippen molar-refractivity contribution in [1.82, 2.24) is 0 Å². The first-order chi connectivity index (χ1) is 10.4. The van der Waals surface area contributed by atoms with Crippen molar-refractivity contribution in [3.05, 3.63) is 29.8 Å². The van der Waals surface area contributed by atoms with Gasteiger partial charge in [-0.3, -0.25) is 5.01 Å². The van der Waals surface area contributed by atoms with Crippen LogP contribution in [0.2, 0.25) is 0 Å². The molecule has 2 rings (SSSR count). The molecule has 0 aromatic heterocycles. The molecule has 1 unspecified atom stereocenters. The number of benzene rings is 1. The number of nitriles is 1. The Bertz CT molecular complexity index is 632. The molecule has 0 amide bonds. The largest absolute Gasteiger partial charge is 0.464 e. The highest BCUT2D eigenvalue weighted by molar-refractivity contribution is 5.99. The first-order valence-electron chi connectivity index (χ1n) is 6.47. The Labute approximate surface area is 124 Å². The minimum Gasteiger partial charge on any atom is -0.464 e. The van der Waals surface area contributed by atoms with Crippen molar-refractivity contribution in [1.29, 1.82) is 5.26 Å². The maximum absolute atomic E-state index is 12.8. The number of esters is 1. The molecule has 0 spiro atoms. The van der Waals surface area contributed by atoms with Gasteiger partial charge in [-0.1, -0.05) is 0 Å². The molecule has 1 aromatic rings. The van der Waals surface area contributed by atoms with Crippen LogP contribution < -0.4 is 5.01 Å². The van der Waals surface area contributed by atoms with E-state index in [2.05, 4.69) is 5.10 Å². The van der Waals surface area contributed by atoms with E-state index in [9.17, 15) is 18.0 Å². The third-order valence-corrected chi connectivity index (χ3v) is 3.06. The Hall–Kier alpha value is -2.56. The molecule has 1 aromatic carbocycles. The quantitative estimate of drug-likeness (QED) is 0.805. The van der Waals surface area contributed by atoms with E-state index in [0.717, 1.165) is 5.01 Å². The monoisotopic (exact) mass is 311 g/mol. The number of ether oxygens (including phenoxy) is 1. The van der Waals surface area contributed by atoms with Gasteiger partial charge < -0.3 is 4.74 Å². The van der Waals surface area contributed by atoms with E-state index in [0.29, 0.717) is 5.56 Å². The topological polar surface area (TPSA) is 65.7 Å². The Kier molecular flexibility index (Phi) is 4.35. The molecule has 116 valence electrons. The van der Waals surface area contributed by atoms with Crippen molar-refractivity contribution in [3.63, 3.8) is 0 Å². The third-order valence-electron chi connectivity index (χ3n) is 3.06. The van der Waals surface area contributed by atoms with Crippen molar-refractivity contribution in [2.45, 2.75) is 25.6 Å². The van der Waals surface area contributed by atoms with Crippen LogP contribution in [0.3, 0.4) is 0 Å². The van der Waals surface area contributed by atoms with Crippen molar-refractivity contribution in [3.8, 4) is 6.07 Å². The van der Waals surface area contributed by atoms with E-state index in [4.69, 9.17) is 10.00 Å². The summed E-state index contributed by atoms with van der Waals surface area (Å²) < 4.78 is 43.3. The van der Waals surface area contributed by atoms with Gasteiger partial charge in [0.2, 0.25) is 0 Å². The smallest absolute Gasteiger partial charge is 0.431 e. The second-order valence-corrected chi connectivity index (χ2v) is 4.52. The first-order valence-corrected chi connectivity index (χ1v) is 6.47. The molecule has 8 heteroatoms. The summed E-state index contributed by atoms with van der Waals surface area (Å²) in [7, 11) is 0. The van der Waals surface area contributed by atoms with Gasteiger partial charge in [0.25, 0.3) is 0 Å². The number of hydrogen-bond donors (Lipinski definition) is 0. The second kappa shape index (κ2) is 6.05. The molecule has 0 saturated carbocycles. The Balaban J connectivity index is 2.35. The number of rotatable bonds is 3. The molecule has 0 aliphatic carbocycles. The van der Waals surface area contributed by atoms with Gasteiger partial charge in [-0.2, -0.15) is 23.5 Å². The van der Waals surface area contributed by atoms with Crippen LogP contribution in [0.4, 0.5) is 18.9 Å². The van der Waals surface area contributed by atoms with E-state index in [-0.39, 0.29) is 12.3 Å². The van der Waals surface area contributed by atoms with E-state index in [1.807, 2.05) is 6.07 Å². The standard InChI is InChI=1S/C14H12F3N3O2/c1-2-22-13(21)11-7-12(14(15,16)17)19-20(11)10-5-3-9(8-18)4-6-10/h3-6,11H,2,7H2,1H3. The lowest BCUT2D eigenvalue weighted by molar-refractivity contribution is -0.144. The van der Waals surface area contributed by atoms with Crippen LogP contribution in [0.5, 0.6) is 0 Å². The van der Waals surface area contributed by atoms with Gasteiger partial charge in [-0.05, 0) is 31.2 Å². The lowest BCUT2D eigenvalue weighted by Crippen LogP contribution is -2.36. The lowest BCUT2D eigenvalue weighted by Gasteiger charge is -2.21. The molecule has 1 heterocycles. The predicted molar refractivity (Wildman–Crippen MR) is 72.2 cm³/mol. The summed E-state index contributed by atoms with van der Waals surface area (Å²) in [6.45, 7) is 1.64. The number of hydrogen-bond acceptors (Lipinski definition) is 5. The molecule has 5 nitrogen and oxygen atoms in total. The molecular weight excluding hydrogens is 299 g/mol. The zero-order valence-corrected chi connectivity index (χ0v) is 11.6. The van der Waals surface area contributed by atoms with Crippen LogP contribution in [0.15, 0.2) is 29.4 Å². The third kappa shape index (κ3) is 3.19. The van der Waals surface area contributed by atoms with Crippen molar-refractivity contribution < 1.29 is 22.7 Å². The highest BCUT2D eigenvalue weighted by Gasteiger charge is 2.46. The summed E-state index contributed by atoms with van der Waals surface area (Å²) in [6.07, 6.45) is -5.17. The molecule has 0 saturated heterocycles. The minimum atomic E-state index is -4.61. The summed E-state index contributed by atoms with van der Waals surface area (Å²) in [5.74, 6) is -0.769. The van der Waals surface area contributed by atoms with E-state index < -0.39 is 30.3 Å². The van der Waals surface area contributed by atoms with Gasteiger partial charge in [0.15, 0.2) is 6.04 Å². The van der Waals surface area contributed by atoms with Gasteiger partial charge in [0.1, 0.15) is 5.71 Å². The zero-order valence-electron chi connectivity index (χ0n) is 11.6. The molecule has 0 bridgehead atoms. The minimum absolute atomic E-state index is 0.0674. The molecule has 0 fully saturated rings. The van der Waals surface area contributed by atoms with Crippen molar-refractivity contribution in [2.24, 2.45) is 5.10 Å². The molecule has 1 atom stereocenters. The molecular formula is C14H12F3N3O2. The van der Waals surface area contributed by atoms with E-state index in [1.54, 1.807) is 6.92 Å². The average Bonchev–Trinajstić information content (AvgIpc) is 2.93. The maximum atomic E-state index is 12.8. The van der Waals surface area contributed by atoms with Crippen LogP contribution in [0, 0.1) is 11.3 Å². The molecule has 0 N–H and O–H groups in total. The summed E-state index contributed by atoms with van der Waals surface area (Å²) in [6, 6.07) is 6.51. The number of carbonyl (C=O) groups excluding carboxylic acids is 1. The van der Waals surface area contributed by atoms with E-state index in [1.165, 1.54) is 24.3 Å². The number of carbonyl (C=O) groups is 1. The summed E-state index contributed by atoms with van der Waals surface area (Å²) in [4.78, 5) is 11.9. The molecule has 1 aliphatic heterocycles. The number of halogens is 3. The van der Waals surface area contributed by atoms with Gasteiger partial charge in [-0.25, -0.2) is 4.79 Å². The maximum Gasteiger partial charge on any atom is 0.431 e. The zero-order chi connectivity index (χ0) is 16.3. The fourth-order valence-corrected chi connectivity index (χ4v) is 2.03. The molecule has 22 heavy (non-hydrogen) atoms.